The molecule has 0 heterocycles. The van der Waals surface area contributed by atoms with Crippen LogP contribution >= 0.6 is 0 Å². The molecule has 0 aromatic heterocycles. The van der Waals surface area contributed by atoms with Crippen molar-refractivity contribution in [2.24, 2.45) is 0 Å². The number of benzene rings is 1. The molecule has 1 aromatic carbocycles. The van der Waals surface area contributed by atoms with Gasteiger partial charge in [-0.15, -0.1) is 0 Å². The van der Waals surface area contributed by atoms with E-state index in [0.29, 0.717) is 19.6 Å². The molecule has 3 nitrogen and oxygen atoms in total. The van der Waals surface area contributed by atoms with Crippen molar-refractivity contribution in [1.82, 2.24) is 0 Å². The molecule has 0 aliphatic carbocycles. The van der Waals surface area contributed by atoms with E-state index in [1.54, 1.807) is 0 Å². The molecule has 0 unspecified atom stereocenters. The van der Waals surface area contributed by atoms with Crippen LogP contribution in [0.1, 0.15) is 25.3 Å². The average Bonchev–Trinajstić information content (AvgIpc) is 2.43. The first-order chi connectivity index (χ1) is 8.86. The summed E-state index contributed by atoms with van der Waals surface area (Å²) < 4.78 is 11.2. The van der Waals surface area contributed by atoms with E-state index in [0.717, 1.165) is 19.4 Å². The standard InChI is InChI=1S/C15H24O3/c1-2-15(18-11-6-10-16)13-17-12-9-14-7-4-3-5-8-14/h3-5,7-8,15-16H,2,6,9-13H2,1H3/t15-/m1/s1. The number of ether oxygens (including phenoxy) is 2. The van der Waals surface area contributed by atoms with Gasteiger partial charge in [-0.3, -0.25) is 0 Å². The summed E-state index contributed by atoms with van der Waals surface area (Å²) in [6, 6.07) is 10.3. The first kappa shape index (κ1) is 15.2. The van der Waals surface area contributed by atoms with Crippen LogP contribution in [0.25, 0.3) is 0 Å². The Bertz CT molecular complexity index is 287. The molecule has 0 bridgehead atoms. The van der Waals surface area contributed by atoms with E-state index in [-0.39, 0.29) is 12.7 Å². The van der Waals surface area contributed by atoms with Crippen molar-refractivity contribution in [3.05, 3.63) is 35.9 Å². The lowest BCUT2D eigenvalue weighted by molar-refractivity contribution is -0.0211. The minimum atomic E-state index is 0.146. The van der Waals surface area contributed by atoms with Crippen LogP contribution in [-0.2, 0) is 15.9 Å². The predicted octanol–water partition coefficient (Wildman–Crippen LogP) is 2.42. The van der Waals surface area contributed by atoms with Gasteiger partial charge in [0.05, 0.1) is 19.3 Å². The van der Waals surface area contributed by atoms with E-state index in [2.05, 4.69) is 19.1 Å². The number of aliphatic hydroxyl groups is 1. The smallest absolute Gasteiger partial charge is 0.0805 e. The molecule has 0 radical (unpaired) electrons. The zero-order valence-corrected chi connectivity index (χ0v) is 11.2. The Morgan fingerprint density at radius 2 is 1.94 bits per heavy atom. The third-order valence-corrected chi connectivity index (χ3v) is 2.79. The van der Waals surface area contributed by atoms with Crippen LogP contribution < -0.4 is 0 Å². The predicted molar refractivity (Wildman–Crippen MR) is 72.7 cm³/mol. The van der Waals surface area contributed by atoms with Crippen LogP contribution in [0, 0.1) is 0 Å². The van der Waals surface area contributed by atoms with Gasteiger partial charge in [0.2, 0.25) is 0 Å². The lowest BCUT2D eigenvalue weighted by Gasteiger charge is -2.16. The minimum absolute atomic E-state index is 0.146. The molecule has 0 saturated heterocycles. The van der Waals surface area contributed by atoms with Gasteiger partial charge in [0.15, 0.2) is 0 Å². The SMILES string of the molecule is CC[C@H](COCCc1ccccc1)OCCCO. The van der Waals surface area contributed by atoms with Gasteiger partial charge in [0.25, 0.3) is 0 Å². The molecular formula is C15H24O3. The first-order valence-electron chi connectivity index (χ1n) is 6.71. The van der Waals surface area contributed by atoms with Crippen molar-refractivity contribution in [3.8, 4) is 0 Å². The summed E-state index contributed by atoms with van der Waals surface area (Å²) >= 11 is 0. The Labute approximate surface area is 110 Å². The second-order valence-corrected chi connectivity index (χ2v) is 4.29. The van der Waals surface area contributed by atoms with E-state index >= 15 is 0 Å². The Morgan fingerprint density at radius 1 is 1.17 bits per heavy atom. The molecule has 0 amide bonds. The molecule has 102 valence electrons. The van der Waals surface area contributed by atoms with E-state index in [1.807, 2.05) is 18.2 Å². The van der Waals surface area contributed by atoms with Crippen molar-refractivity contribution in [1.29, 1.82) is 0 Å². The summed E-state index contributed by atoms with van der Waals surface area (Å²) in [5, 5.41) is 8.68. The highest BCUT2D eigenvalue weighted by atomic mass is 16.5. The highest BCUT2D eigenvalue weighted by Gasteiger charge is 2.06. The van der Waals surface area contributed by atoms with Gasteiger partial charge in [-0.2, -0.15) is 0 Å². The quantitative estimate of drug-likeness (QED) is 0.650. The second kappa shape index (κ2) is 10.1. The van der Waals surface area contributed by atoms with Gasteiger partial charge in [-0.1, -0.05) is 37.3 Å². The minimum Gasteiger partial charge on any atom is -0.396 e. The molecule has 0 aliphatic rings. The van der Waals surface area contributed by atoms with Gasteiger partial charge in [0, 0.05) is 13.2 Å². The Hall–Kier alpha value is -0.900. The number of hydrogen-bond acceptors (Lipinski definition) is 3. The highest BCUT2D eigenvalue weighted by Crippen LogP contribution is 2.03. The maximum Gasteiger partial charge on any atom is 0.0805 e. The van der Waals surface area contributed by atoms with Gasteiger partial charge >= 0.3 is 0 Å². The summed E-state index contributed by atoms with van der Waals surface area (Å²) in [6.07, 6.45) is 2.72. The van der Waals surface area contributed by atoms with Gasteiger partial charge in [-0.25, -0.2) is 0 Å². The molecule has 18 heavy (non-hydrogen) atoms. The highest BCUT2D eigenvalue weighted by molar-refractivity contribution is 5.14. The number of rotatable bonds is 10. The maximum absolute atomic E-state index is 8.68. The van der Waals surface area contributed by atoms with Crippen LogP contribution in [0.4, 0.5) is 0 Å². The summed E-state index contributed by atoms with van der Waals surface area (Å²) in [5.41, 5.74) is 1.30. The van der Waals surface area contributed by atoms with E-state index in [1.165, 1.54) is 5.56 Å². The van der Waals surface area contributed by atoms with Gasteiger partial charge < -0.3 is 14.6 Å². The van der Waals surface area contributed by atoms with Crippen molar-refractivity contribution in [3.63, 3.8) is 0 Å². The molecular weight excluding hydrogens is 228 g/mol. The monoisotopic (exact) mass is 252 g/mol. The molecule has 0 fully saturated rings. The Morgan fingerprint density at radius 3 is 2.61 bits per heavy atom. The third kappa shape index (κ3) is 6.74. The van der Waals surface area contributed by atoms with E-state index in [9.17, 15) is 0 Å². The summed E-state index contributed by atoms with van der Waals surface area (Å²) in [4.78, 5) is 0. The van der Waals surface area contributed by atoms with Crippen LogP contribution in [0.15, 0.2) is 30.3 Å². The van der Waals surface area contributed by atoms with Gasteiger partial charge in [-0.05, 0) is 24.8 Å². The van der Waals surface area contributed by atoms with E-state index in [4.69, 9.17) is 14.6 Å². The Kier molecular flexibility index (Phi) is 8.47. The first-order valence-corrected chi connectivity index (χ1v) is 6.71. The number of aliphatic hydroxyl groups excluding tert-OH is 1. The molecule has 0 aliphatic heterocycles. The molecule has 0 saturated carbocycles. The summed E-state index contributed by atoms with van der Waals surface area (Å²) in [5.74, 6) is 0. The molecule has 1 N–H and O–H groups in total. The largest absolute Gasteiger partial charge is 0.396 e. The summed E-state index contributed by atoms with van der Waals surface area (Å²) in [6.45, 7) is 4.24. The van der Waals surface area contributed by atoms with Crippen LogP contribution in [0.2, 0.25) is 0 Å². The van der Waals surface area contributed by atoms with Crippen molar-refractivity contribution >= 4 is 0 Å². The van der Waals surface area contributed by atoms with Crippen molar-refractivity contribution < 1.29 is 14.6 Å². The van der Waals surface area contributed by atoms with Crippen LogP contribution in [-0.4, -0.2) is 37.6 Å². The zero-order chi connectivity index (χ0) is 13.1. The Balaban J connectivity index is 2.08. The summed E-state index contributed by atoms with van der Waals surface area (Å²) in [7, 11) is 0. The van der Waals surface area contributed by atoms with Crippen molar-refractivity contribution in [2.45, 2.75) is 32.3 Å². The fourth-order valence-electron chi connectivity index (χ4n) is 1.65. The normalized spacial score (nSPS) is 12.6. The second-order valence-electron chi connectivity index (χ2n) is 4.29. The third-order valence-electron chi connectivity index (χ3n) is 2.79. The lowest BCUT2D eigenvalue weighted by atomic mass is 10.2. The maximum atomic E-state index is 8.68. The molecule has 1 rings (SSSR count). The fraction of sp³-hybridized carbons (Fsp3) is 0.600. The lowest BCUT2D eigenvalue weighted by Crippen LogP contribution is -2.20. The topological polar surface area (TPSA) is 38.7 Å². The van der Waals surface area contributed by atoms with E-state index < -0.39 is 0 Å². The molecule has 1 aromatic rings. The zero-order valence-electron chi connectivity index (χ0n) is 11.2. The molecule has 3 heteroatoms. The van der Waals surface area contributed by atoms with Gasteiger partial charge in [0.1, 0.15) is 0 Å². The average molecular weight is 252 g/mol. The molecule has 0 spiro atoms. The number of hydrogen-bond donors (Lipinski definition) is 1. The van der Waals surface area contributed by atoms with Crippen LogP contribution in [0.3, 0.4) is 0 Å². The molecule has 1 atom stereocenters. The van der Waals surface area contributed by atoms with Crippen LogP contribution in [0.5, 0.6) is 0 Å². The fourth-order valence-corrected chi connectivity index (χ4v) is 1.65. The van der Waals surface area contributed by atoms with Crippen molar-refractivity contribution in [2.75, 3.05) is 26.4 Å².